The monoisotopic (exact) mass is 263 g/mol. The molecule has 0 unspecified atom stereocenters. The lowest BCUT2D eigenvalue weighted by Gasteiger charge is -2.15. The Kier molecular flexibility index (Phi) is 4.78. The van der Waals surface area contributed by atoms with Crippen LogP contribution in [-0.2, 0) is 14.3 Å². The second-order valence-electron chi connectivity index (χ2n) is 4.31. The lowest BCUT2D eigenvalue weighted by Crippen LogP contribution is -2.30. The third-order valence-electron chi connectivity index (χ3n) is 2.90. The topological polar surface area (TPSA) is 55.8 Å². The van der Waals surface area contributed by atoms with Gasteiger partial charge in [-0.15, -0.1) is 0 Å². The first-order valence-corrected chi connectivity index (χ1v) is 6.37. The van der Waals surface area contributed by atoms with Gasteiger partial charge in [0.2, 0.25) is 5.91 Å². The largest absolute Gasteiger partial charge is 0.482 e. The van der Waals surface area contributed by atoms with Crippen LogP contribution in [0.2, 0.25) is 0 Å². The molecule has 1 fully saturated rings. The van der Waals surface area contributed by atoms with Crippen molar-refractivity contribution in [3.63, 3.8) is 0 Å². The van der Waals surface area contributed by atoms with E-state index >= 15 is 0 Å². The molecule has 1 aromatic rings. The Bertz CT molecular complexity index is 432. The number of amides is 1. The highest BCUT2D eigenvalue weighted by atomic mass is 16.6. The van der Waals surface area contributed by atoms with Gasteiger partial charge in [-0.1, -0.05) is 18.2 Å². The highest BCUT2D eigenvalue weighted by Gasteiger charge is 2.19. The van der Waals surface area contributed by atoms with Gasteiger partial charge in [0, 0.05) is 13.0 Å². The maximum Gasteiger partial charge on any atom is 0.344 e. The van der Waals surface area contributed by atoms with Gasteiger partial charge in [0.15, 0.2) is 6.61 Å². The number of para-hydroxylation sites is 1. The van der Waals surface area contributed by atoms with Crippen LogP contribution < -0.4 is 4.74 Å². The minimum absolute atomic E-state index is 0.113. The molecule has 0 N–H and O–H groups in total. The van der Waals surface area contributed by atoms with E-state index in [4.69, 9.17) is 9.47 Å². The van der Waals surface area contributed by atoms with E-state index in [1.807, 2.05) is 18.2 Å². The van der Waals surface area contributed by atoms with Gasteiger partial charge in [0.05, 0.1) is 6.54 Å². The van der Waals surface area contributed by atoms with E-state index in [9.17, 15) is 9.59 Å². The van der Waals surface area contributed by atoms with E-state index in [2.05, 4.69) is 0 Å². The average Bonchev–Trinajstić information content (AvgIpc) is 2.83. The van der Waals surface area contributed by atoms with Crippen LogP contribution in [0.4, 0.5) is 0 Å². The molecule has 0 spiro atoms. The van der Waals surface area contributed by atoms with E-state index in [1.54, 1.807) is 17.0 Å². The molecular weight excluding hydrogens is 246 g/mol. The smallest absolute Gasteiger partial charge is 0.344 e. The van der Waals surface area contributed by atoms with Crippen LogP contribution in [0.15, 0.2) is 30.3 Å². The molecule has 0 atom stereocenters. The van der Waals surface area contributed by atoms with Gasteiger partial charge in [-0.2, -0.15) is 0 Å². The van der Waals surface area contributed by atoms with Gasteiger partial charge in [0.1, 0.15) is 12.4 Å². The molecule has 19 heavy (non-hydrogen) atoms. The van der Waals surface area contributed by atoms with Gasteiger partial charge < -0.3 is 14.4 Å². The number of esters is 1. The number of nitrogens with zero attached hydrogens (tertiary/aromatic N) is 1. The Morgan fingerprint density at radius 2 is 2.05 bits per heavy atom. The van der Waals surface area contributed by atoms with Crippen molar-refractivity contribution in [3.8, 4) is 5.75 Å². The van der Waals surface area contributed by atoms with Crippen molar-refractivity contribution in [2.45, 2.75) is 12.8 Å². The number of likely N-dealkylation sites (tertiary alicyclic amines) is 1. The molecule has 1 saturated heterocycles. The SMILES string of the molecule is O=C(COc1ccccc1)OCCN1CCCC1=O. The van der Waals surface area contributed by atoms with Crippen LogP contribution >= 0.6 is 0 Å². The summed E-state index contributed by atoms with van der Waals surface area (Å²) in [4.78, 5) is 24.5. The highest BCUT2D eigenvalue weighted by Crippen LogP contribution is 2.09. The summed E-state index contributed by atoms with van der Waals surface area (Å²) in [6.07, 6.45) is 1.50. The van der Waals surface area contributed by atoms with Crippen molar-refractivity contribution < 1.29 is 19.1 Å². The molecule has 0 aliphatic carbocycles. The van der Waals surface area contributed by atoms with Gasteiger partial charge in [0.25, 0.3) is 0 Å². The van der Waals surface area contributed by atoms with Crippen molar-refractivity contribution >= 4 is 11.9 Å². The Morgan fingerprint density at radius 1 is 1.26 bits per heavy atom. The summed E-state index contributed by atoms with van der Waals surface area (Å²) < 4.78 is 10.3. The number of carbonyl (C=O) groups excluding carboxylic acids is 2. The second kappa shape index (κ2) is 6.78. The first-order valence-electron chi connectivity index (χ1n) is 6.37. The van der Waals surface area contributed by atoms with Crippen LogP contribution in [0.3, 0.4) is 0 Å². The fourth-order valence-corrected chi connectivity index (χ4v) is 1.91. The van der Waals surface area contributed by atoms with Gasteiger partial charge in [-0.05, 0) is 18.6 Å². The third-order valence-corrected chi connectivity index (χ3v) is 2.90. The quantitative estimate of drug-likeness (QED) is 0.724. The van der Waals surface area contributed by atoms with E-state index in [0.29, 0.717) is 18.7 Å². The van der Waals surface area contributed by atoms with Crippen LogP contribution in [0.1, 0.15) is 12.8 Å². The molecule has 1 aliphatic heterocycles. The van der Waals surface area contributed by atoms with Crippen LogP contribution in [0.25, 0.3) is 0 Å². The van der Waals surface area contributed by atoms with Crippen molar-refractivity contribution in [1.82, 2.24) is 4.90 Å². The fourth-order valence-electron chi connectivity index (χ4n) is 1.91. The maximum atomic E-state index is 11.4. The Labute approximate surface area is 112 Å². The standard InChI is InChI=1S/C14H17NO4/c16-13-7-4-8-15(13)9-10-18-14(17)11-19-12-5-2-1-3-6-12/h1-3,5-6H,4,7-11H2. The predicted molar refractivity (Wildman–Crippen MR) is 68.7 cm³/mol. The minimum atomic E-state index is -0.421. The van der Waals surface area contributed by atoms with Crippen molar-refractivity contribution in [1.29, 1.82) is 0 Å². The third kappa shape index (κ3) is 4.28. The summed E-state index contributed by atoms with van der Waals surface area (Å²) in [5, 5.41) is 0. The zero-order valence-corrected chi connectivity index (χ0v) is 10.7. The number of hydrogen-bond donors (Lipinski definition) is 0. The number of carbonyl (C=O) groups is 2. The summed E-state index contributed by atoms with van der Waals surface area (Å²) in [5.41, 5.74) is 0. The summed E-state index contributed by atoms with van der Waals surface area (Å²) in [7, 11) is 0. The maximum absolute atomic E-state index is 11.4. The van der Waals surface area contributed by atoms with E-state index in [1.165, 1.54) is 0 Å². The summed E-state index contributed by atoms with van der Waals surface area (Å²) in [6.45, 7) is 1.34. The number of ether oxygens (including phenoxy) is 2. The van der Waals surface area contributed by atoms with Crippen molar-refractivity contribution in [2.24, 2.45) is 0 Å². The second-order valence-corrected chi connectivity index (χ2v) is 4.31. The summed E-state index contributed by atoms with van der Waals surface area (Å²) in [6, 6.07) is 9.09. The molecular formula is C14H17NO4. The molecule has 2 rings (SSSR count). The van der Waals surface area contributed by atoms with Gasteiger partial charge >= 0.3 is 5.97 Å². The van der Waals surface area contributed by atoms with Crippen LogP contribution in [0.5, 0.6) is 5.75 Å². The Balaban J connectivity index is 1.61. The molecule has 5 heteroatoms. The minimum Gasteiger partial charge on any atom is -0.482 e. The normalized spacial score (nSPS) is 14.5. The molecule has 1 aromatic carbocycles. The highest BCUT2D eigenvalue weighted by molar-refractivity contribution is 5.78. The molecule has 0 saturated carbocycles. The predicted octanol–water partition coefficient (Wildman–Crippen LogP) is 1.23. The lowest BCUT2D eigenvalue weighted by molar-refractivity contribution is -0.147. The van der Waals surface area contributed by atoms with E-state index < -0.39 is 5.97 Å². The molecule has 5 nitrogen and oxygen atoms in total. The Morgan fingerprint density at radius 3 is 2.74 bits per heavy atom. The molecule has 0 bridgehead atoms. The fraction of sp³-hybridized carbons (Fsp3) is 0.429. The van der Waals surface area contributed by atoms with Crippen molar-refractivity contribution in [2.75, 3.05) is 26.3 Å². The zero-order valence-electron chi connectivity index (χ0n) is 10.7. The van der Waals surface area contributed by atoms with Crippen LogP contribution in [0, 0.1) is 0 Å². The molecule has 1 aliphatic rings. The molecule has 1 heterocycles. The molecule has 0 radical (unpaired) electrons. The average molecular weight is 263 g/mol. The Hall–Kier alpha value is -2.04. The van der Waals surface area contributed by atoms with Gasteiger partial charge in [-0.25, -0.2) is 4.79 Å². The zero-order chi connectivity index (χ0) is 13.5. The van der Waals surface area contributed by atoms with Crippen molar-refractivity contribution in [3.05, 3.63) is 30.3 Å². The number of rotatable bonds is 6. The molecule has 1 amide bonds. The summed E-state index contributed by atoms with van der Waals surface area (Å²) >= 11 is 0. The first kappa shape index (κ1) is 13.4. The summed E-state index contributed by atoms with van der Waals surface area (Å²) in [5.74, 6) is 0.348. The van der Waals surface area contributed by atoms with E-state index in [-0.39, 0.29) is 19.1 Å². The van der Waals surface area contributed by atoms with E-state index in [0.717, 1.165) is 13.0 Å². The lowest BCUT2D eigenvalue weighted by atomic mass is 10.3. The molecule has 102 valence electrons. The number of benzene rings is 1. The van der Waals surface area contributed by atoms with Crippen LogP contribution in [-0.4, -0.2) is 43.1 Å². The first-order chi connectivity index (χ1) is 9.25. The number of hydrogen-bond acceptors (Lipinski definition) is 4. The van der Waals surface area contributed by atoms with Gasteiger partial charge in [-0.3, -0.25) is 4.79 Å². The molecule has 0 aromatic heterocycles.